The van der Waals surface area contributed by atoms with Crippen LogP contribution >= 0.6 is 0 Å². The maximum absolute atomic E-state index is 12.3. The summed E-state index contributed by atoms with van der Waals surface area (Å²) < 4.78 is 5.01. The van der Waals surface area contributed by atoms with Crippen molar-refractivity contribution < 1.29 is 14.3 Å². The van der Waals surface area contributed by atoms with Crippen LogP contribution < -0.4 is 10.2 Å². The number of piperazine rings is 1. The number of benzene rings is 1. The number of ether oxygens (including phenoxy) is 1. The summed E-state index contributed by atoms with van der Waals surface area (Å²) in [4.78, 5) is 36.3. The molecular weight excluding hydrogens is 346 g/mol. The molecule has 3 rings (SSSR count). The predicted octanol–water partition coefficient (Wildman–Crippen LogP) is 2.32. The fourth-order valence-electron chi connectivity index (χ4n) is 2.75. The van der Waals surface area contributed by atoms with E-state index in [1.54, 1.807) is 11.8 Å². The summed E-state index contributed by atoms with van der Waals surface area (Å²) in [5.74, 6) is 0.294. The molecule has 0 saturated carbocycles. The first-order valence-corrected chi connectivity index (χ1v) is 8.93. The quantitative estimate of drug-likeness (QED) is 0.890. The Balaban J connectivity index is 1.56. The molecule has 2 aromatic rings. The van der Waals surface area contributed by atoms with E-state index in [4.69, 9.17) is 4.74 Å². The van der Waals surface area contributed by atoms with Gasteiger partial charge in [-0.05, 0) is 26.0 Å². The van der Waals surface area contributed by atoms with Crippen LogP contribution in [0.1, 0.15) is 22.8 Å². The Labute approximate surface area is 158 Å². The van der Waals surface area contributed by atoms with E-state index in [9.17, 15) is 9.59 Å². The second kappa shape index (κ2) is 8.48. The largest absolute Gasteiger partial charge is 0.450 e. The van der Waals surface area contributed by atoms with Crippen molar-refractivity contribution in [3.05, 3.63) is 47.8 Å². The van der Waals surface area contributed by atoms with Gasteiger partial charge in [-0.2, -0.15) is 0 Å². The number of hydrogen-bond acceptors (Lipinski definition) is 6. The molecule has 142 valence electrons. The van der Waals surface area contributed by atoms with Crippen LogP contribution in [-0.2, 0) is 4.74 Å². The third-order valence-corrected chi connectivity index (χ3v) is 4.30. The number of nitrogens with zero attached hydrogens (tertiary/aromatic N) is 4. The summed E-state index contributed by atoms with van der Waals surface area (Å²) in [6.07, 6.45) is 2.74. The molecule has 8 nitrogen and oxygen atoms in total. The van der Waals surface area contributed by atoms with Crippen LogP contribution in [0.25, 0.3) is 0 Å². The number of aryl methyl sites for hydroxylation is 1. The average molecular weight is 369 g/mol. The fourth-order valence-corrected chi connectivity index (χ4v) is 2.75. The standard InChI is InChI=1S/C19H23N5O3/c1-3-27-19(26)24-10-8-23(9-11-24)18-20-12-15(13-21-18)17(25)22-16-6-4-14(2)5-7-16/h4-7,12-13H,3,8-11H2,1-2H3,(H,22,25). The van der Waals surface area contributed by atoms with E-state index >= 15 is 0 Å². The van der Waals surface area contributed by atoms with E-state index in [2.05, 4.69) is 15.3 Å². The van der Waals surface area contributed by atoms with Crippen LogP contribution in [0.15, 0.2) is 36.7 Å². The molecule has 0 spiro atoms. The molecule has 0 radical (unpaired) electrons. The Morgan fingerprint density at radius 2 is 1.70 bits per heavy atom. The van der Waals surface area contributed by atoms with Gasteiger partial charge in [0.2, 0.25) is 5.95 Å². The van der Waals surface area contributed by atoms with Gasteiger partial charge >= 0.3 is 6.09 Å². The van der Waals surface area contributed by atoms with Crippen molar-refractivity contribution in [2.45, 2.75) is 13.8 Å². The van der Waals surface area contributed by atoms with Crippen LogP contribution in [0.4, 0.5) is 16.4 Å². The highest BCUT2D eigenvalue weighted by Gasteiger charge is 2.23. The van der Waals surface area contributed by atoms with Gasteiger partial charge in [0, 0.05) is 44.3 Å². The minimum atomic E-state index is -0.291. The third kappa shape index (κ3) is 4.72. The fraction of sp³-hybridized carbons (Fsp3) is 0.368. The van der Waals surface area contributed by atoms with Gasteiger partial charge in [-0.25, -0.2) is 14.8 Å². The first-order valence-electron chi connectivity index (χ1n) is 8.93. The zero-order valence-electron chi connectivity index (χ0n) is 15.5. The minimum Gasteiger partial charge on any atom is -0.450 e. The SMILES string of the molecule is CCOC(=O)N1CCN(c2ncc(C(=O)Nc3ccc(C)cc3)cn2)CC1. The van der Waals surface area contributed by atoms with Crippen molar-refractivity contribution in [2.24, 2.45) is 0 Å². The summed E-state index contributed by atoms with van der Waals surface area (Å²) in [5, 5.41) is 2.82. The van der Waals surface area contributed by atoms with Crippen molar-refractivity contribution in [1.82, 2.24) is 14.9 Å². The van der Waals surface area contributed by atoms with Crippen LogP contribution in [-0.4, -0.2) is 59.7 Å². The molecule has 1 aliphatic heterocycles. The molecule has 1 aromatic carbocycles. The number of amides is 2. The van der Waals surface area contributed by atoms with Gasteiger partial charge in [0.05, 0.1) is 12.2 Å². The normalized spacial score (nSPS) is 14.0. The highest BCUT2D eigenvalue weighted by Crippen LogP contribution is 2.13. The number of anilines is 2. The summed E-state index contributed by atoms with van der Waals surface area (Å²) in [6, 6.07) is 7.58. The number of aromatic nitrogens is 2. The van der Waals surface area contributed by atoms with Crippen molar-refractivity contribution >= 4 is 23.6 Å². The molecule has 0 unspecified atom stereocenters. The zero-order valence-corrected chi connectivity index (χ0v) is 15.5. The lowest BCUT2D eigenvalue weighted by Gasteiger charge is -2.33. The molecule has 1 saturated heterocycles. The van der Waals surface area contributed by atoms with Crippen molar-refractivity contribution in [2.75, 3.05) is 43.0 Å². The Hall–Kier alpha value is -3.16. The third-order valence-electron chi connectivity index (χ3n) is 4.30. The Morgan fingerprint density at radius 3 is 2.30 bits per heavy atom. The van der Waals surface area contributed by atoms with Crippen LogP contribution in [0.3, 0.4) is 0 Å². The number of carbonyl (C=O) groups excluding carboxylic acids is 2. The summed E-state index contributed by atoms with van der Waals surface area (Å²) >= 11 is 0. The summed E-state index contributed by atoms with van der Waals surface area (Å²) in [6.45, 7) is 6.49. The second-order valence-electron chi connectivity index (χ2n) is 6.26. The van der Waals surface area contributed by atoms with Crippen LogP contribution in [0.2, 0.25) is 0 Å². The molecule has 1 aliphatic rings. The Bertz CT molecular complexity index is 784. The minimum absolute atomic E-state index is 0.252. The first-order chi connectivity index (χ1) is 13.1. The lowest BCUT2D eigenvalue weighted by molar-refractivity contribution is 0.102. The molecule has 0 bridgehead atoms. The summed E-state index contributed by atoms with van der Waals surface area (Å²) in [7, 11) is 0. The van der Waals surface area contributed by atoms with Gasteiger partial charge < -0.3 is 19.9 Å². The van der Waals surface area contributed by atoms with Gasteiger partial charge in [0.15, 0.2) is 0 Å². The molecule has 0 atom stereocenters. The molecular formula is C19H23N5O3. The van der Waals surface area contributed by atoms with E-state index < -0.39 is 0 Å². The van der Waals surface area contributed by atoms with Crippen molar-refractivity contribution in [3.63, 3.8) is 0 Å². The molecule has 1 aromatic heterocycles. The van der Waals surface area contributed by atoms with Gasteiger partial charge in [-0.3, -0.25) is 4.79 Å². The Kier molecular flexibility index (Phi) is 5.85. The maximum Gasteiger partial charge on any atom is 0.409 e. The van der Waals surface area contributed by atoms with Gasteiger partial charge in [-0.1, -0.05) is 17.7 Å². The van der Waals surface area contributed by atoms with E-state index in [1.807, 2.05) is 36.1 Å². The molecule has 1 fully saturated rings. The molecule has 2 amide bonds. The number of hydrogen-bond donors (Lipinski definition) is 1. The second-order valence-corrected chi connectivity index (χ2v) is 6.26. The average Bonchev–Trinajstić information content (AvgIpc) is 2.70. The van der Waals surface area contributed by atoms with E-state index in [0.717, 1.165) is 11.3 Å². The monoisotopic (exact) mass is 369 g/mol. The first kappa shape index (κ1) is 18.6. The smallest absolute Gasteiger partial charge is 0.409 e. The van der Waals surface area contributed by atoms with E-state index in [1.165, 1.54) is 12.4 Å². The van der Waals surface area contributed by atoms with Crippen LogP contribution in [0.5, 0.6) is 0 Å². The topological polar surface area (TPSA) is 87.7 Å². The van der Waals surface area contributed by atoms with Crippen LogP contribution in [0, 0.1) is 6.92 Å². The predicted molar refractivity (Wildman–Crippen MR) is 102 cm³/mol. The number of nitrogens with one attached hydrogen (secondary N) is 1. The Morgan fingerprint density at radius 1 is 1.07 bits per heavy atom. The van der Waals surface area contributed by atoms with Crippen molar-refractivity contribution in [1.29, 1.82) is 0 Å². The molecule has 0 aliphatic carbocycles. The number of rotatable bonds is 4. The molecule has 27 heavy (non-hydrogen) atoms. The van der Waals surface area contributed by atoms with Gasteiger partial charge in [0.25, 0.3) is 5.91 Å². The zero-order chi connectivity index (χ0) is 19.2. The van der Waals surface area contributed by atoms with Crippen molar-refractivity contribution in [3.8, 4) is 0 Å². The highest BCUT2D eigenvalue weighted by molar-refractivity contribution is 6.03. The molecule has 8 heteroatoms. The van der Waals surface area contributed by atoms with E-state index in [0.29, 0.717) is 44.3 Å². The lowest BCUT2D eigenvalue weighted by atomic mass is 10.2. The highest BCUT2D eigenvalue weighted by atomic mass is 16.6. The summed E-state index contributed by atoms with van der Waals surface area (Å²) in [5.41, 5.74) is 2.25. The maximum atomic E-state index is 12.3. The molecule has 2 heterocycles. The molecule has 1 N–H and O–H groups in total. The van der Waals surface area contributed by atoms with Gasteiger partial charge in [-0.15, -0.1) is 0 Å². The number of carbonyl (C=O) groups is 2. The lowest BCUT2D eigenvalue weighted by Crippen LogP contribution is -2.49. The van der Waals surface area contributed by atoms with E-state index in [-0.39, 0.29) is 12.0 Å². The van der Waals surface area contributed by atoms with Gasteiger partial charge in [0.1, 0.15) is 0 Å².